The molecular weight excluding hydrogens is 382 g/mol. The highest BCUT2D eigenvalue weighted by atomic mass is 79.9. The molecule has 0 spiro atoms. The van der Waals surface area contributed by atoms with E-state index in [4.69, 9.17) is 4.74 Å². The summed E-state index contributed by atoms with van der Waals surface area (Å²) in [6, 6.07) is 13.7. The third-order valence-electron chi connectivity index (χ3n) is 3.67. The maximum atomic E-state index is 12.5. The second-order valence-electron chi connectivity index (χ2n) is 5.17. The molecule has 7 heteroatoms. The van der Waals surface area contributed by atoms with Crippen LogP contribution >= 0.6 is 15.9 Å². The van der Waals surface area contributed by atoms with E-state index < -0.39 is 26.9 Å². The Balaban J connectivity index is 2.08. The first-order valence-corrected chi connectivity index (χ1v) is 9.36. The molecular formula is C16H14BrNO4S. The first kappa shape index (κ1) is 16.0. The molecule has 1 atom stereocenters. The lowest BCUT2D eigenvalue weighted by atomic mass is 10.2. The van der Waals surface area contributed by atoms with Crippen molar-refractivity contribution in [1.29, 1.82) is 0 Å². The van der Waals surface area contributed by atoms with Crippen molar-refractivity contribution in [2.45, 2.75) is 5.37 Å². The van der Waals surface area contributed by atoms with Crippen LogP contribution in [0.2, 0.25) is 0 Å². The Hall–Kier alpha value is -1.86. The van der Waals surface area contributed by atoms with E-state index >= 15 is 0 Å². The van der Waals surface area contributed by atoms with E-state index in [1.54, 1.807) is 55.6 Å². The fourth-order valence-electron chi connectivity index (χ4n) is 2.62. The van der Waals surface area contributed by atoms with Gasteiger partial charge in [0.25, 0.3) is 0 Å². The molecule has 1 amide bonds. The average Bonchev–Trinajstić information content (AvgIpc) is 2.77. The summed E-state index contributed by atoms with van der Waals surface area (Å²) < 4.78 is 30.9. The zero-order valence-electron chi connectivity index (χ0n) is 12.3. The van der Waals surface area contributed by atoms with E-state index in [-0.39, 0.29) is 0 Å². The van der Waals surface area contributed by atoms with Gasteiger partial charge in [-0.2, -0.15) is 0 Å². The van der Waals surface area contributed by atoms with Crippen molar-refractivity contribution < 1.29 is 17.9 Å². The van der Waals surface area contributed by atoms with Gasteiger partial charge in [0.15, 0.2) is 15.2 Å². The van der Waals surface area contributed by atoms with Crippen LogP contribution < -0.4 is 9.64 Å². The Kier molecular flexibility index (Phi) is 4.16. The van der Waals surface area contributed by atoms with Crippen molar-refractivity contribution in [2.24, 2.45) is 0 Å². The van der Waals surface area contributed by atoms with E-state index in [1.807, 2.05) is 0 Å². The van der Waals surface area contributed by atoms with Gasteiger partial charge in [-0.1, -0.05) is 28.1 Å². The molecule has 1 saturated heterocycles. The number of carbonyl (C=O) groups excluding carboxylic acids is 1. The molecule has 0 aromatic heterocycles. The number of ether oxygens (including phenoxy) is 1. The monoisotopic (exact) mass is 395 g/mol. The molecule has 1 heterocycles. The first-order chi connectivity index (χ1) is 10.9. The van der Waals surface area contributed by atoms with Gasteiger partial charge in [-0.15, -0.1) is 0 Å². The Labute approximate surface area is 142 Å². The van der Waals surface area contributed by atoms with Crippen LogP contribution in [0.1, 0.15) is 10.9 Å². The van der Waals surface area contributed by atoms with Crippen molar-refractivity contribution in [2.75, 3.05) is 17.8 Å². The van der Waals surface area contributed by atoms with Crippen molar-refractivity contribution in [3.05, 3.63) is 58.6 Å². The molecule has 1 unspecified atom stereocenters. The molecule has 1 fully saturated rings. The summed E-state index contributed by atoms with van der Waals surface area (Å²) in [6.45, 7) is 0. The van der Waals surface area contributed by atoms with Gasteiger partial charge in [0.2, 0.25) is 5.91 Å². The Morgan fingerprint density at radius 3 is 2.26 bits per heavy atom. The normalized spacial score (nSPS) is 19.8. The fraction of sp³-hybridized carbons (Fsp3) is 0.188. The predicted molar refractivity (Wildman–Crippen MR) is 91.1 cm³/mol. The van der Waals surface area contributed by atoms with Crippen molar-refractivity contribution in [1.82, 2.24) is 0 Å². The minimum Gasteiger partial charge on any atom is -0.497 e. The van der Waals surface area contributed by atoms with Crippen LogP contribution in [0.5, 0.6) is 5.75 Å². The smallest absolute Gasteiger partial charge is 0.243 e. The molecule has 1 aliphatic rings. The molecule has 23 heavy (non-hydrogen) atoms. The summed E-state index contributed by atoms with van der Waals surface area (Å²) in [6.07, 6.45) is 0. The molecule has 1 aliphatic heterocycles. The van der Waals surface area contributed by atoms with Crippen LogP contribution in [-0.4, -0.2) is 27.2 Å². The maximum Gasteiger partial charge on any atom is 0.243 e. The molecule has 0 bridgehead atoms. The lowest BCUT2D eigenvalue weighted by Crippen LogP contribution is -2.29. The van der Waals surface area contributed by atoms with Gasteiger partial charge >= 0.3 is 0 Å². The third-order valence-corrected chi connectivity index (χ3v) is 6.02. The number of methoxy groups -OCH3 is 1. The van der Waals surface area contributed by atoms with Crippen LogP contribution in [0.25, 0.3) is 0 Å². The van der Waals surface area contributed by atoms with Crippen LogP contribution in [0, 0.1) is 0 Å². The third kappa shape index (κ3) is 2.98. The summed E-state index contributed by atoms with van der Waals surface area (Å²) in [7, 11) is -2.05. The molecule has 0 N–H and O–H groups in total. The second-order valence-corrected chi connectivity index (χ2v) is 8.15. The summed E-state index contributed by atoms with van der Waals surface area (Å²) >= 11 is 3.33. The number of halogens is 1. The maximum absolute atomic E-state index is 12.5. The van der Waals surface area contributed by atoms with E-state index in [2.05, 4.69) is 15.9 Å². The van der Waals surface area contributed by atoms with Gasteiger partial charge in [0, 0.05) is 10.2 Å². The number of sulfone groups is 1. The molecule has 120 valence electrons. The van der Waals surface area contributed by atoms with Gasteiger partial charge < -0.3 is 4.74 Å². The lowest BCUT2D eigenvalue weighted by molar-refractivity contribution is -0.115. The minimum absolute atomic E-state index is 0.423. The molecule has 0 aliphatic carbocycles. The van der Waals surface area contributed by atoms with Crippen LogP contribution in [-0.2, 0) is 14.6 Å². The topological polar surface area (TPSA) is 63.7 Å². The van der Waals surface area contributed by atoms with Crippen LogP contribution in [0.15, 0.2) is 53.0 Å². The molecule has 2 aromatic carbocycles. The Morgan fingerprint density at radius 1 is 1.09 bits per heavy atom. The predicted octanol–water partition coefficient (Wildman–Crippen LogP) is 2.92. The second kappa shape index (κ2) is 5.98. The standard InChI is InChI=1S/C16H14BrNO4S/c1-22-14-8-2-11(3-9-14)16-18(15(19)10-23(16,20)21)13-6-4-12(17)5-7-13/h2-9,16H,10H2,1H3. The highest BCUT2D eigenvalue weighted by molar-refractivity contribution is 9.10. The van der Waals surface area contributed by atoms with Gasteiger partial charge in [-0.05, 0) is 42.0 Å². The largest absolute Gasteiger partial charge is 0.497 e. The van der Waals surface area contributed by atoms with Crippen molar-refractivity contribution in [3.63, 3.8) is 0 Å². The lowest BCUT2D eigenvalue weighted by Gasteiger charge is -2.24. The van der Waals surface area contributed by atoms with Gasteiger partial charge in [-0.25, -0.2) is 8.42 Å². The number of amides is 1. The first-order valence-electron chi connectivity index (χ1n) is 6.85. The SMILES string of the molecule is COc1ccc(C2N(c3ccc(Br)cc3)C(=O)CS2(=O)=O)cc1. The molecule has 2 aromatic rings. The highest BCUT2D eigenvalue weighted by Gasteiger charge is 2.45. The average molecular weight is 396 g/mol. The summed E-state index contributed by atoms with van der Waals surface area (Å²) in [4.78, 5) is 13.6. The van der Waals surface area contributed by atoms with Crippen LogP contribution in [0.3, 0.4) is 0 Å². The van der Waals surface area contributed by atoms with Gasteiger partial charge in [-0.3, -0.25) is 9.69 Å². The number of anilines is 1. The fourth-order valence-corrected chi connectivity index (χ4v) is 4.66. The van der Waals surface area contributed by atoms with Crippen molar-refractivity contribution in [3.8, 4) is 5.75 Å². The zero-order valence-corrected chi connectivity index (χ0v) is 14.7. The molecule has 0 saturated carbocycles. The molecule has 3 rings (SSSR count). The van der Waals surface area contributed by atoms with E-state index in [9.17, 15) is 13.2 Å². The van der Waals surface area contributed by atoms with E-state index in [0.29, 0.717) is 17.0 Å². The summed E-state index contributed by atoms with van der Waals surface area (Å²) in [5.41, 5.74) is 1.10. The van der Waals surface area contributed by atoms with Gasteiger partial charge in [0.05, 0.1) is 7.11 Å². The molecule has 0 radical (unpaired) electrons. The van der Waals surface area contributed by atoms with Crippen molar-refractivity contribution >= 4 is 37.4 Å². The number of hydrogen-bond acceptors (Lipinski definition) is 4. The minimum atomic E-state index is -3.59. The van der Waals surface area contributed by atoms with Gasteiger partial charge in [0.1, 0.15) is 11.5 Å². The number of rotatable bonds is 3. The number of nitrogens with zero attached hydrogens (tertiary/aromatic N) is 1. The summed E-state index contributed by atoms with van der Waals surface area (Å²) in [5.74, 6) is -0.279. The number of benzene rings is 2. The molecule has 5 nitrogen and oxygen atoms in total. The van der Waals surface area contributed by atoms with E-state index in [0.717, 1.165) is 4.47 Å². The Morgan fingerprint density at radius 2 is 1.70 bits per heavy atom. The quantitative estimate of drug-likeness (QED) is 0.801. The number of carbonyl (C=O) groups is 1. The Bertz CT molecular complexity index is 831. The number of hydrogen-bond donors (Lipinski definition) is 0. The van der Waals surface area contributed by atoms with Crippen LogP contribution in [0.4, 0.5) is 5.69 Å². The highest BCUT2D eigenvalue weighted by Crippen LogP contribution is 2.38. The summed E-state index contributed by atoms with van der Waals surface area (Å²) in [5, 5.41) is -1.01. The zero-order chi connectivity index (χ0) is 16.6. The van der Waals surface area contributed by atoms with E-state index in [1.165, 1.54) is 4.90 Å².